The highest BCUT2D eigenvalue weighted by Gasteiger charge is 2.27. The van der Waals surface area contributed by atoms with E-state index in [4.69, 9.17) is 0 Å². The van der Waals surface area contributed by atoms with E-state index >= 15 is 0 Å². The fourth-order valence-corrected chi connectivity index (χ4v) is 4.09. The molecular formula is C17H27IN4O3S. The Hall–Kier alpha value is -0.910. The first-order chi connectivity index (χ1) is 12.0. The molecule has 1 aliphatic carbocycles. The predicted molar refractivity (Wildman–Crippen MR) is 112 cm³/mol. The minimum absolute atomic E-state index is 0. The molecule has 0 aromatic heterocycles. The van der Waals surface area contributed by atoms with Crippen LogP contribution in [0.2, 0.25) is 0 Å². The van der Waals surface area contributed by atoms with E-state index in [1.807, 2.05) is 11.8 Å². The zero-order chi connectivity index (χ0) is 17.9. The number of aliphatic imine (C=N–C) groups is 1. The van der Waals surface area contributed by atoms with Gasteiger partial charge in [-0.25, -0.2) is 18.1 Å². The van der Waals surface area contributed by atoms with Crippen molar-refractivity contribution in [2.45, 2.75) is 49.8 Å². The summed E-state index contributed by atoms with van der Waals surface area (Å²) in [5.41, 5.74) is 0.945. The van der Waals surface area contributed by atoms with Crippen LogP contribution in [-0.4, -0.2) is 56.2 Å². The number of benzene rings is 1. The largest absolute Gasteiger partial charge is 0.391 e. The highest BCUT2D eigenvalue weighted by atomic mass is 127. The molecule has 3 rings (SSSR count). The topological polar surface area (TPSA) is 94.0 Å². The number of nitrogens with zero attached hydrogens (tertiary/aromatic N) is 2. The van der Waals surface area contributed by atoms with Gasteiger partial charge >= 0.3 is 0 Å². The summed E-state index contributed by atoms with van der Waals surface area (Å²) >= 11 is 0. The molecule has 2 fully saturated rings. The number of β-amino-alcohol motifs (C(OH)–C–C–N with tert-alkyl or cyclic N) is 1. The first-order valence-corrected chi connectivity index (χ1v) is 10.3. The molecule has 9 heteroatoms. The highest BCUT2D eigenvalue weighted by molar-refractivity contribution is 14.0. The molecule has 1 saturated carbocycles. The SMILES string of the molecule is CCNC(=NCc1ccc(S(=O)(=O)NC2CC2)cc1)N1CC[C@@H](O)C1.I. The Labute approximate surface area is 172 Å². The molecule has 1 aromatic carbocycles. The standard InChI is InChI=1S/C17H26N4O3S.HI/c1-2-18-17(21-10-9-15(22)12-21)19-11-13-3-7-16(8-4-13)25(23,24)20-14-5-6-14;/h3-4,7-8,14-15,20,22H,2,5-6,9-12H2,1H3,(H,18,19);1H/t15-;/m1./s1. The summed E-state index contributed by atoms with van der Waals surface area (Å²) in [7, 11) is -3.41. The van der Waals surface area contributed by atoms with E-state index in [0.717, 1.165) is 43.9 Å². The van der Waals surface area contributed by atoms with Gasteiger partial charge in [0, 0.05) is 25.7 Å². The van der Waals surface area contributed by atoms with Gasteiger partial charge < -0.3 is 15.3 Å². The van der Waals surface area contributed by atoms with E-state index in [-0.39, 0.29) is 36.1 Å². The fraction of sp³-hybridized carbons (Fsp3) is 0.588. The maximum absolute atomic E-state index is 12.2. The molecule has 1 aromatic rings. The molecule has 2 aliphatic rings. The third-order valence-corrected chi connectivity index (χ3v) is 5.88. The number of halogens is 1. The Balaban J connectivity index is 0.00000243. The van der Waals surface area contributed by atoms with Crippen molar-refractivity contribution in [2.75, 3.05) is 19.6 Å². The number of likely N-dealkylation sites (tertiary alicyclic amines) is 1. The Kier molecular flexibility index (Phi) is 7.68. The van der Waals surface area contributed by atoms with Gasteiger partial charge in [0.1, 0.15) is 0 Å². The number of guanidine groups is 1. The van der Waals surface area contributed by atoms with Crippen molar-refractivity contribution in [1.82, 2.24) is 14.9 Å². The Morgan fingerprint density at radius 2 is 1.96 bits per heavy atom. The minimum atomic E-state index is -3.41. The van der Waals surface area contributed by atoms with Crippen LogP contribution in [-0.2, 0) is 16.6 Å². The molecule has 0 spiro atoms. The van der Waals surface area contributed by atoms with Gasteiger partial charge in [-0.15, -0.1) is 24.0 Å². The van der Waals surface area contributed by atoms with Crippen molar-refractivity contribution < 1.29 is 13.5 Å². The lowest BCUT2D eigenvalue weighted by atomic mass is 10.2. The quantitative estimate of drug-likeness (QED) is 0.315. The average molecular weight is 494 g/mol. The Bertz CT molecular complexity index is 720. The summed E-state index contributed by atoms with van der Waals surface area (Å²) < 4.78 is 27.0. The van der Waals surface area contributed by atoms with Crippen LogP contribution in [0.4, 0.5) is 0 Å². The molecule has 0 amide bonds. The second kappa shape index (κ2) is 9.34. The molecule has 1 aliphatic heterocycles. The Morgan fingerprint density at radius 3 is 2.50 bits per heavy atom. The summed E-state index contributed by atoms with van der Waals surface area (Å²) in [4.78, 5) is 6.95. The van der Waals surface area contributed by atoms with Gasteiger partial charge in [0.15, 0.2) is 5.96 Å². The number of aliphatic hydroxyl groups excluding tert-OH is 1. The van der Waals surface area contributed by atoms with Crippen molar-refractivity contribution in [3.05, 3.63) is 29.8 Å². The summed E-state index contributed by atoms with van der Waals surface area (Å²) in [6.07, 6.45) is 2.30. The molecule has 0 radical (unpaired) electrons. The van der Waals surface area contributed by atoms with E-state index < -0.39 is 10.0 Å². The van der Waals surface area contributed by atoms with Gasteiger partial charge in [0.05, 0.1) is 17.5 Å². The average Bonchev–Trinajstić information content (AvgIpc) is 3.28. The zero-order valence-electron chi connectivity index (χ0n) is 14.9. The van der Waals surface area contributed by atoms with Gasteiger partial charge in [0.25, 0.3) is 0 Å². The molecule has 7 nitrogen and oxygen atoms in total. The summed E-state index contributed by atoms with van der Waals surface area (Å²) in [6.45, 7) is 4.61. The minimum Gasteiger partial charge on any atom is -0.391 e. The van der Waals surface area contributed by atoms with Gasteiger partial charge in [0.2, 0.25) is 10.0 Å². The molecule has 1 heterocycles. The molecular weight excluding hydrogens is 467 g/mol. The van der Waals surface area contributed by atoms with Gasteiger partial charge in [-0.2, -0.15) is 0 Å². The Morgan fingerprint density at radius 1 is 1.27 bits per heavy atom. The van der Waals surface area contributed by atoms with E-state index in [1.165, 1.54) is 0 Å². The first kappa shape index (κ1) is 21.4. The van der Waals surface area contributed by atoms with E-state index in [0.29, 0.717) is 18.0 Å². The van der Waals surface area contributed by atoms with Crippen LogP contribution >= 0.6 is 24.0 Å². The fourth-order valence-electron chi connectivity index (χ4n) is 2.79. The smallest absolute Gasteiger partial charge is 0.240 e. The van der Waals surface area contributed by atoms with Crippen molar-refractivity contribution in [3.8, 4) is 0 Å². The summed E-state index contributed by atoms with van der Waals surface area (Å²) in [5.74, 6) is 0.783. The summed E-state index contributed by atoms with van der Waals surface area (Å²) in [6, 6.07) is 6.96. The van der Waals surface area contributed by atoms with Crippen LogP contribution in [0.25, 0.3) is 0 Å². The van der Waals surface area contributed by atoms with E-state index in [2.05, 4.69) is 15.0 Å². The number of nitrogens with one attached hydrogen (secondary N) is 2. The molecule has 1 saturated heterocycles. The number of rotatable bonds is 6. The van der Waals surface area contributed by atoms with Crippen LogP contribution in [0, 0.1) is 0 Å². The van der Waals surface area contributed by atoms with Crippen molar-refractivity contribution in [2.24, 2.45) is 4.99 Å². The second-order valence-electron chi connectivity index (χ2n) is 6.60. The third-order valence-electron chi connectivity index (χ3n) is 4.34. The summed E-state index contributed by atoms with van der Waals surface area (Å²) in [5, 5.41) is 12.9. The lowest BCUT2D eigenvalue weighted by Gasteiger charge is -2.20. The zero-order valence-corrected chi connectivity index (χ0v) is 18.0. The van der Waals surface area contributed by atoms with E-state index in [9.17, 15) is 13.5 Å². The predicted octanol–water partition coefficient (Wildman–Crippen LogP) is 1.28. The highest BCUT2D eigenvalue weighted by Crippen LogP contribution is 2.22. The second-order valence-corrected chi connectivity index (χ2v) is 8.31. The monoisotopic (exact) mass is 494 g/mol. The number of hydrogen-bond donors (Lipinski definition) is 3. The number of sulfonamides is 1. The van der Waals surface area contributed by atoms with Gasteiger partial charge in [-0.1, -0.05) is 12.1 Å². The van der Waals surface area contributed by atoms with Crippen molar-refractivity contribution in [1.29, 1.82) is 0 Å². The molecule has 26 heavy (non-hydrogen) atoms. The maximum atomic E-state index is 12.2. The van der Waals surface area contributed by atoms with Crippen LogP contribution < -0.4 is 10.0 Å². The first-order valence-electron chi connectivity index (χ1n) is 8.80. The third kappa shape index (κ3) is 5.80. The van der Waals surface area contributed by atoms with Crippen LogP contribution in [0.3, 0.4) is 0 Å². The van der Waals surface area contributed by atoms with Gasteiger partial charge in [-0.3, -0.25) is 0 Å². The number of hydrogen-bond acceptors (Lipinski definition) is 4. The normalized spacial score (nSPS) is 20.8. The molecule has 0 unspecified atom stereocenters. The van der Waals surface area contributed by atoms with Crippen LogP contribution in [0.1, 0.15) is 31.7 Å². The molecule has 3 N–H and O–H groups in total. The van der Waals surface area contributed by atoms with E-state index in [1.54, 1.807) is 24.3 Å². The number of aliphatic hydroxyl groups is 1. The van der Waals surface area contributed by atoms with Crippen LogP contribution in [0.15, 0.2) is 34.2 Å². The van der Waals surface area contributed by atoms with Crippen molar-refractivity contribution >= 4 is 40.0 Å². The van der Waals surface area contributed by atoms with Crippen molar-refractivity contribution in [3.63, 3.8) is 0 Å². The van der Waals surface area contributed by atoms with Crippen LogP contribution in [0.5, 0.6) is 0 Å². The maximum Gasteiger partial charge on any atom is 0.240 e. The lowest BCUT2D eigenvalue weighted by molar-refractivity contribution is 0.188. The van der Waals surface area contributed by atoms with Gasteiger partial charge in [-0.05, 0) is 43.9 Å². The lowest BCUT2D eigenvalue weighted by Crippen LogP contribution is -2.40. The molecule has 0 bridgehead atoms. The molecule has 146 valence electrons. The molecule has 1 atom stereocenters.